The molecule has 4 amide bonds. The van der Waals surface area contributed by atoms with Crippen molar-refractivity contribution in [2.45, 2.75) is 111 Å². The number of carboxylic acid groups (broad SMARTS) is 4. The van der Waals surface area contributed by atoms with E-state index in [1.165, 1.54) is 0 Å². The molecule has 0 heterocycles. The second-order valence-corrected chi connectivity index (χ2v) is 17.7. The first-order valence-electron chi connectivity index (χ1n) is 19.6. The van der Waals surface area contributed by atoms with Crippen LogP contribution in [0.2, 0.25) is 0 Å². The van der Waals surface area contributed by atoms with Crippen LogP contribution in [0.3, 0.4) is 0 Å². The minimum atomic E-state index is -1.48. The van der Waals surface area contributed by atoms with Crippen molar-refractivity contribution in [1.82, 2.24) is 21.3 Å². The average Bonchev–Trinajstić information content (AvgIpc) is 3.52. The molecule has 14 N–H and O–H groups in total. The van der Waals surface area contributed by atoms with Crippen LogP contribution >= 0.6 is 23.5 Å². The Balaban J connectivity index is 1.76. The van der Waals surface area contributed by atoms with Crippen molar-refractivity contribution >= 4 is 76.8 Å². The zero-order valence-corrected chi connectivity index (χ0v) is 34.9. The van der Waals surface area contributed by atoms with Gasteiger partial charge in [-0.05, 0) is 68.3 Å². The number of ketones is 1. The lowest BCUT2D eigenvalue weighted by Crippen LogP contribution is -2.49. The summed E-state index contributed by atoms with van der Waals surface area (Å²) in [5.74, 6) is -10.8. The van der Waals surface area contributed by atoms with Crippen molar-refractivity contribution < 1.29 is 73.8 Å². The van der Waals surface area contributed by atoms with Crippen LogP contribution in [0.1, 0.15) is 81.8 Å². The third-order valence-electron chi connectivity index (χ3n) is 11.7. The molecule has 21 nitrogen and oxygen atoms in total. The Morgan fingerprint density at radius 1 is 0.721 bits per heavy atom. The molecule has 23 heteroatoms. The van der Waals surface area contributed by atoms with Gasteiger partial charge in [0, 0.05) is 46.6 Å². The molecule has 0 spiro atoms. The molecule has 1 aromatic carbocycles. The molecule has 0 unspecified atom stereocenters. The Morgan fingerprint density at radius 2 is 1.21 bits per heavy atom. The summed E-state index contributed by atoms with van der Waals surface area (Å²) in [5, 5.41) is 69.3. The molecule has 2 fully saturated rings. The number of rotatable bonds is 22. The van der Waals surface area contributed by atoms with E-state index >= 15 is 0 Å². The fourth-order valence-electron chi connectivity index (χ4n) is 8.42. The van der Waals surface area contributed by atoms with Gasteiger partial charge in [0.1, 0.15) is 43.0 Å². The first-order chi connectivity index (χ1) is 28.7. The zero-order chi connectivity index (χ0) is 45.3. The summed E-state index contributed by atoms with van der Waals surface area (Å²) < 4.78 is 0. The van der Waals surface area contributed by atoms with E-state index < -0.39 is 115 Å². The van der Waals surface area contributed by atoms with Crippen molar-refractivity contribution in [2.24, 2.45) is 28.7 Å². The van der Waals surface area contributed by atoms with Crippen LogP contribution < -0.4 is 32.7 Å². The molecular weight excluding hydrogens is 845 g/mol. The molecule has 8 atom stereocenters. The number of nitrogens with two attached hydrogens (primary N) is 2. The van der Waals surface area contributed by atoms with E-state index in [-0.39, 0.29) is 52.8 Å². The lowest BCUT2D eigenvalue weighted by Gasteiger charge is -2.49. The first kappa shape index (κ1) is 48.5. The third-order valence-corrected chi connectivity index (χ3v) is 14.2. The predicted molar refractivity (Wildman–Crippen MR) is 216 cm³/mol. The topological polar surface area (TPSA) is 375 Å². The zero-order valence-electron chi connectivity index (χ0n) is 33.3. The minimum absolute atomic E-state index is 0.000584. The molecule has 3 aliphatic rings. The molecule has 3 aliphatic carbocycles. The summed E-state index contributed by atoms with van der Waals surface area (Å²) >= 11 is 1.77. The summed E-state index contributed by atoms with van der Waals surface area (Å²) in [7, 11) is 0. The van der Waals surface area contributed by atoms with Crippen LogP contribution in [-0.4, -0.2) is 133 Å². The van der Waals surface area contributed by atoms with Crippen molar-refractivity contribution in [1.29, 1.82) is 0 Å². The number of aliphatic carboxylic acids is 4. The maximum Gasteiger partial charge on any atom is 0.322 e. The summed E-state index contributed by atoms with van der Waals surface area (Å²) in [5.41, 5.74) is 11.6. The van der Waals surface area contributed by atoms with Crippen LogP contribution in [0, 0.1) is 17.3 Å². The minimum Gasteiger partial charge on any atom is -0.504 e. The number of hydrogen-bond acceptors (Lipinski definition) is 15. The Labute approximate surface area is 357 Å². The number of aromatic hydroxyl groups is 2. The van der Waals surface area contributed by atoms with Crippen LogP contribution in [0.4, 0.5) is 0 Å². The number of hydrogen-bond donors (Lipinski definition) is 12. The van der Waals surface area contributed by atoms with Gasteiger partial charge in [0.05, 0.1) is 4.90 Å². The predicted octanol–water partition coefficient (Wildman–Crippen LogP) is -0.537. The molecule has 2 saturated carbocycles. The number of carboxylic acids is 4. The Bertz CT molecular complexity index is 1930. The van der Waals surface area contributed by atoms with Crippen molar-refractivity contribution in [3.05, 3.63) is 11.1 Å². The van der Waals surface area contributed by atoms with Crippen molar-refractivity contribution in [2.75, 3.05) is 24.6 Å². The molecule has 0 saturated heterocycles. The highest BCUT2D eigenvalue weighted by molar-refractivity contribution is 8.02. The van der Waals surface area contributed by atoms with Crippen LogP contribution in [0.15, 0.2) is 9.79 Å². The lowest BCUT2D eigenvalue weighted by molar-refractivity contribution is -0.140. The highest BCUT2D eigenvalue weighted by Crippen LogP contribution is 2.63. The van der Waals surface area contributed by atoms with E-state index in [1.807, 2.05) is 6.92 Å². The molecule has 336 valence electrons. The number of fused-ring (bicyclic) bond motifs is 5. The van der Waals surface area contributed by atoms with E-state index in [9.17, 15) is 63.6 Å². The number of phenols is 2. The molecule has 0 bridgehead atoms. The summed E-state index contributed by atoms with van der Waals surface area (Å²) in [6.07, 6.45) is 1.61. The second kappa shape index (κ2) is 21.1. The number of carbonyl (C=O) groups is 9. The Morgan fingerprint density at radius 3 is 1.69 bits per heavy atom. The molecule has 61 heavy (non-hydrogen) atoms. The summed E-state index contributed by atoms with van der Waals surface area (Å²) in [6.45, 7) is 0.338. The molecular formula is C38H52N6O15S2. The number of phenolic OH excluding ortho intramolecular Hbond substituents is 2. The molecule has 4 rings (SSSR count). The van der Waals surface area contributed by atoms with Gasteiger partial charge in [-0.1, -0.05) is 6.92 Å². The standard InChI is InChI=1S/C38H52N6O15S2/c1-38-11-10-17-16(19(38)4-7-24(38)45)2-3-18-29(17)32(60-14-22(34(54)41-12-27(48)49)43-25(46)8-5-20(39)36(56)57)33(31(53)30(18)52)61-15-23(35(55)42-13-28(50)51)44-26(47)9-6-21(40)37(58)59/h16-17,19-23,52-53H,2-15,39-40H2,1H3,(H,41,54)(H,42,55)(H,43,46)(H,44,47)(H,48,49)(H,50,51)(H,56,57)(H,58,59)/t16-,17+,19+,20+,21+,22-,23-,38+/m1/s1. The third kappa shape index (κ3) is 12.0. The molecule has 0 radical (unpaired) electrons. The Kier molecular flexibility index (Phi) is 16.8. The van der Waals surface area contributed by atoms with Gasteiger partial charge in [-0.2, -0.15) is 0 Å². The van der Waals surface area contributed by atoms with E-state index in [0.717, 1.165) is 23.5 Å². The van der Waals surface area contributed by atoms with Gasteiger partial charge in [0.25, 0.3) is 0 Å². The number of carbonyl (C=O) groups excluding carboxylic acids is 5. The quantitative estimate of drug-likeness (QED) is 0.0514. The van der Waals surface area contributed by atoms with Gasteiger partial charge in [-0.25, -0.2) is 0 Å². The van der Waals surface area contributed by atoms with E-state index in [4.69, 9.17) is 21.7 Å². The SMILES string of the molecule is C[C@]12CC[C@@H]3c4c(c(O)c(O)c(SC[C@@H](NC(=O)CC[C@H](N)C(=O)O)C(=O)NCC(=O)O)c4SC[C@@H](NC(=O)CC[C@H](N)C(=O)O)C(=O)NCC(=O)O)CC[C@H]3[C@@H]1CCC2=O. The van der Waals surface area contributed by atoms with Gasteiger partial charge >= 0.3 is 23.9 Å². The average molecular weight is 897 g/mol. The second-order valence-electron chi connectivity index (χ2n) is 15.6. The van der Waals surface area contributed by atoms with E-state index in [2.05, 4.69) is 21.3 Å². The normalized spacial score (nSPS) is 22.2. The number of thioether (sulfide) groups is 2. The lowest BCUT2D eigenvalue weighted by atomic mass is 9.55. The highest BCUT2D eigenvalue weighted by Gasteiger charge is 2.55. The molecule has 0 aromatic heterocycles. The van der Waals surface area contributed by atoms with Gasteiger partial charge in [0.2, 0.25) is 23.6 Å². The van der Waals surface area contributed by atoms with Crippen LogP contribution in [0.5, 0.6) is 11.5 Å². The first-order valence-corrected chi connectivity index (χ1v) is 21.6. The van der Waals surface area contributed by atoms with Crippen molar-refractivity contribution in [3.63, 3.8) is 0 Å². The number of amides is 4. The fourth-order valence-corrected chi connectivity index (χ4v) is 11.0. The highest BCUT2D eigenvalue weighted by atomic mass is 32.2. The molecule has 0 aliphatic heterocycles. The number of benzene rings is 1. The summed E-state index contributed by atoms with van der Waals surface area (Å²) in [6, 6.07) is -5.68. The van der Waals surface area contributed by atoms with Gasteiger partial charge in [-0.15, -0.1) is 23.5 Å². The maximum absolute atomic E-state index is 13.4. The largest absolute Gasteiger partial charge is 0.504 e. The van der Waals surface area contributed by atoms with Crippen LogP contribution in [-0.2, 0) is 49.6 Å². The maximum atomic E-state index is 13.4. The van der Waals surface area contributed by atoms with Gasteiger partial charge in [0.15, 0.2) is 11.5 Å². The van der Waals surface area contributed by atoms with Crippen molar-refractivity contribution in [3.8, 4) is 11.5 Å². The fraction of sp³-hybridized carbons (Fsp3) is 0.605. The number of nitrogens with one attached hydrogen (secondary N) is 4. The number of Topliss-reactive ketones (excluding diaryl/α,β-unsaturated/α-hetero) is 1. The van der Waals surface area contributed by atoms with Gasteiger partial charge in [-0.3, -0.25) is 43.2 Å². The molecule has 1 aromatic rings. The van der Waals surface area contributed by atoms with E-state index in [0.29, 0.717) is 54.5 Å². The monoisotopic (exact) mass is 896 g/mol. The Hall–Kier alpha value is -5.13. The van der Waals surface area contributed by atoms with E-state index in [1.54, 1.807) is 0 Å². The smallest absolute Gasteiger partial charge is 0.322 e. The summed E-state index contributed by atoms with van der Waals surface area (Å²) in [4.78, 5) is 111. The van der Waals surface area contributed by atoms with Gasteiger partial charge < -0.3 is 63.4 Å². The van der Waals surface area contributed by atoms with Crippen LogP contribution in [0.25, 0.3) is 0 Å².